The number of hydrogen-bond acceptors (Lipinski definition) is 1. The zero-order chi connectivity index (χ0) is 39.7. The van der Waals surface area contributed by atoms with Crippen LogP contribution in [0.1, 0.15) is 36.0 Å². The maximum absolute atomic E-state index is 2.39. The van der Waals surface area contributed by atoms with Gasteiger partial charge in [0, 0.05) is 23.0 Å². The lowest BCUT2D eigenvalue weighted by Crippen LogP contribution is -2.10. The molecule has 0 N–H and O–H groups in total. The van der Waals surface area contributed by atoms with Crippen LogP contribution in [0.25, 0.3) is 44.5 Å². The van der Waals surface area contributed by atoms with Gasteiger partial charge in [0.05, 0.1) is 0 Å². The van der Waals surface area contributed by atoms with Gasteiger partial charge < -0.3 is 4.90 Å². The van der Waals surface area contributed by atoms with Crippen molar-refractivity contribution in [2.24, 2.45) is 0 Å². The Balaban J connectivity index is 0.000000608. The number of benzene rings is 8. The minimum atomic E-state index is 0.434. The second kappa shape index (κ2) is 17.9. The predicted molar refractivity (Wildman–Crippen MR) is 249 cm³/mol. The van der Waals surface area contributed by atoms with Crippen LogP contribution in [0.15, 0.2) is 230 Å². The van der Waals surface area contributed by atoms with Crippen molar-refractivity contribution < 1.29 is 0 Å². The van der Waals surface area contributed by atoms with Crippen molar-refractivity contribution in [2.45, 2.75) is 33.1 Å². The molecular weight excluding hydrogens is 699 g/mol. The molecule has 0 radical (unpaired) electrons. The fourth-order valence-electron chi connectivity index (χ4n) is 7.91. The molecule has 1 heteroatoms. The molecule has 9 rings (SSSR count). The number of anilines is 3. The van der Waals surface area contributed by atoms with Gasteiger partial charge in [-0.2, -0.15) is 0 Å². The molecule has 0 spiro atoms. The first kappa shape index (κ1) is 37.9. The molecule has 1 aliphatic rings. The lowest BCUT2D eigenvalue weighted by Gasteiger charge is -2.27. The molecule has 1 aliphatic carbocycles. The summed E-state index contributed by atoms with van der Waals surface area (Å²) in [4.78, 5) is 2.39. The first-order valence-electron chi connectivity index (χ1n) is 20.3. The van der Waals surface area contributed by atoms with Crippen LogP contribution < -0.4 is 4.90 Å². The maximum atomic E-state index is 2.39. The molecule has 1 unspecified atom stereocenters. The van der Waals surface area contributed by atoms with Crippen molar-refractivity contribution in [1.82, 2.24) is 0 Å². The van der Waals surface area contributed by atoms with Gasteiger partial charge in [-0.15, -0.1) is 0 Å². The summed E-state index contributed by atoms with van der Waals surface area (Å²) in [6.07, 6.45) is 7.78. The third-order valence-corrected chi connectivity index (χ3v) is 11.1. The molecule has 0 amide bonds. The maximum Gasteiger partial charge on any atom is 0.0473 e. The summed E-state index contributed by atoms with van der Waals surface area (Å²) in [7, 11) is 0. The summed E-state index contributed by atoms with van der Waals surface area (Å²) in [6, 6.07) is 74.2. The van der Waals surface area contributed by atoms with E-state index in [4.69, 9.17) is 0 Å². The Morgan fingerprint density at radius 2 is 0.810 bits per heavy atom. The van der Waals surface area contributed by atoms with Crippen molar-refractivity contribution in [2.75, 3.05) is 4.90 Å². The zero-order valence-electron chi connectivity index (χ0n) is 33.6. The average molecular weight is 748 g/mol. The number of nitrogens with zero attached hydrogens (tertiary/aromatic N) is 1. The van der Waals surface area contributed by atoms with Gasteiger partial charge in [0.25, 0.3) is 0 Å². The lowest BCUT2D eigenvalue weighted by molar-refractivity contribution is 0.791. The van der Waals surface area contributed by atoms with Crippen LogP contribution in [-0.2, 0) is 0 Å². The summed E-state index contributed by atoms with van der Waals surface area (Å²) in [5.74, 6) is 0.434. The van der Waals surface area contributed by atoms with E-state index in [9.17, 15) is 0 Å². The van der Waals surface area contributed by atoms with Crippen molar-refractivity contribution in [3.05, 3.63) is 247 Å². The molecule has 1 atom stereocenters. The summed E-state index contributed by atoms with van der Waals surface area (Å²) < 4.78 is 0. The quantitative estimate of drug-likeness (QED) is 0.150. The molecule has 0 saturated carbocycles. The smallest absolute Gasteiger partial charge is 0.0473 e. The highest BCUT2D eigenvalue weighted by Gasteiger charge is 2.19. The Kier molecular flexibility index (Phi) is 11.7. The Morgan fingerprint density at radius 3 is 1.26 bits per heavy atom. The van der Waals surface area contributed by atoms with Crippen molar-refractivity contribution in [1.29, 1.82) is 0 Å². The fraction of sp³-hybridized carbons (Fsp3) is 0.0877. The molecule has 8 aromatic carbocycles. The van der Waals surface area contributed by atoms with Crippen molar-refractivity contribution in [3.8, 4) is 44.5 Å². The Bertz CT molecular complexity index is 2540. The summed E-state index contributed by atoms with van der Waals surface area (Å²) in [5.41, 5.74) is 18.5. The van der Waals surface area contributed by atoms with E-state index in [1.807, 2.05) is 18.2 Å². The van der Waals surface area contributed by atoms with Gasteiger partial charge in [-0.1, -0.05) is 193 Å². The van der Waals surface area contributed by atoms with Crippen LogP contribution in [0.2, 0.25) is 0 Å². The standard InChI is InChI=1S/C50H41N.C7H8/c1-36-14-12-13-21-49(36)50-31-26-43(32-37(50)2)45-33-44(40-19-10-5-11-20-40)34-48(35-45)51(46-27-22-41(23-28-46)38-15-6-3-7-16-38)47-29-24-42(25-30-47)39-17-8-4-9-18-39;1-7-5-3-2-4-6-7/h3-20,22-35,49H,21H2,1-2H3;2-6H,1H3. The minimum Gasteiger partial charge on any atom is -0.310 e. The monoisotopic (exact) mass is 747 g/mol. The third-order valence-electron chi connectivity index (χ3n) is 11.1. The molecule has 0 bridgehead atoms. The second-order valence-corrected chi connectivity index (χ2v) is 15.1. The first-order valence-corrected chi connectivity index (χ1v) is 20.3. The van der Waals surface area contributed by atoms with E-state index in [1.165, 1.54) is 66.8 Å². The van der Waals surface area contributed by atoms with E-state index in [0.29, 0.717) is 5.92 Å². The normalized spacial score (nSPS) is 13.2. The molecule has 0 saturated heterocycles. The first-order chi connectivity index (χ1) is 28.5. The van der Waals surface area contributed by atoms with Crippen LogP contribution in [0, 0.1) is 13.8 Å². The summed E-state index contributed by atoms with van der Waals surface area (Å²) in [6.45, 7) is 6.60. The van der Waals surface area contributed by atoms with Gasteiger partial charge in [0.15, 0.2) is 0 Å². The van der Waals surface area contributed by atoms with E-state index in [-0.39, 0.29) is 0 Å². The number of aryl methyl sites for hydroxylation is 2. The Hall–Kier alpha value is -6.96. The third kappa shape index (κ3) is 8.86. The second-order valence-electron chi connectivity index (χ2n) is 15.1. The molecule has 8 aromatic rings. The summed E-state index contributed by atoms with van der Waals surface area (Å²) >= 11 is 0. The van der Waals surface area contributed by atoms with Crippen LogP contribution >= 0.6 is 0 Å². The fourth-order valence-corrected chi connectivity index (χ4v) is 7.91. The average Bonchev–Trinajstić information content (AvgIpc) is 3.28. The largest absolute Gasteiger partial charge is 0.310 e. The van der Waals surface area contributed by atoms with E-state index in [1.54, 1.807) is 0 Å². The highest BCUT2D eigenvalue weighted by atomic mass is 15.1. The number of allylic oxidation sites excluding steroid dienone is 4. The van der Waals surface area contributed by atoms with Gasteiger partial charge in [0.1, 0.15) is 0 Å². The molecule has 1 nitrogen and oxygen atoms in total. The number of rotatable bonds is 8. The lowest BCUT2D eigenvalue weighted by atomic mass is 9.83. The molecule has 0 fully saturated rings. The predicted octanol–water partition coefficient (Wildman–Crippen LogP) is 16.1. The van der Waals surface area contributed by atoms with Crippen LogP contribution in [0.5, 0.6) is 0 Å². The highest BCUT2D eigenvalue weighted by Crippen LogP contribution is 2.42. The highest BCUT2D eigenvalue weighted by molar-refractivity contribution is 5.86. The van der Waals surface area contributed by atoms with Crippen LogP contribution in [0.3, 0.4) is 0 Å². The van der Waals surface area contributed by atoms with E-state index in [2.05, 4.69) is 232 Å². The van der Waals surface area contributed by atoms with E-state index >= 15 is 0 Å². The molecule has 0 aliphatic heterocycles. The zero-order valence-corrected chi connectivity index (χ0v) is 33.6. The van der Waals surface area contributed by atoms with Gasteiger partial charge in [-0.25, -0.2) is 0 Å². The Morgan fingerprint density at radius 1 is 0.379 bits per heavy atom. The summed E-state index contributed by atoms with van der Waals surface area (Å²) in [5, 5.41) is 0. The topological polar surface area (TPSA) is 3.24 Å². The van der Waals surface area contributed by atoms with Crippen LogP contribution in [-0.4, -0.2) is 0 Å². The molecule has 58 heavy (non-hydrogen) atoms. The molecule has 0 aromatic heterocycles. The molecule has 282 valence electrons. The SMILES string of the molecule is CC1=CC=CCC1c1ccc(-c2cc(-c3ccccc3)cc(N(c3ccc(-c4ccccc4)cc3)c3ccc(-c4ccccc4)cc3)c2)cc1C.Cc1ccccc1. The van der Waals surface area contributed by atoms with Gasteiger partial charge in [-0.3, -0.25) is 0 Å². The van der Waals surface area contributed by atoms with Crippen molar-refractivity contribution >= 4 is 17.1 Å². The van der Waals surface area contributed by atoms with Crippen molar-refractivity contribution in [3.63, 3.8) is 0 Å². The Labute approximate surface area is 344 Å². The minimum absolute atomic E-state index is 0.434. The molecular formula is C57H49N. The van der Waals surface area contributed by atoms with Gasteiger partial charge in [0.2, 0.25) is 0 Å². The molecule has 0 heterocycles. The van der Waals surface area contributed by atoms with Gasteiger partial charge >= 0.3 is 0 Å². The van der Waals surface area contributed by atoms with E-state index in [0.717, 1.165) is 23.5 Å². The van der Waals surface area contributed by atoms with E-state index < -0.39 is 0 Å². The van der Waals surface area contributed by atoms with Crippen LogP contribution in [0.4, 0.5) is 17.1 Å². The number of hydrogen-bond donors (Lipinski definition) is 0. The van der Waals surface area contributed by atoms with Gasteiger partial charge in [-0.05, 0) is 125 Å².